The summed E-state index contributed by atoms with van der Waals surface area (Å²) in [5.74, 6) is -0.0667. The first-order valence-electron chi connectivity index (χ1n) is 45.6. The number of H-pyrrole nitrogens is 8. The maximum Gasteiger partial charge on any atom is 0.273 e. The number of rotatable bonds is 27. The van der Waals surface area contributed by atoms with Crippen LogP contribution in [0.4, 0.5) is 46.0 Å². The summed E-state index contributed by atoms with van der Waals surface area (Å²) in [6, 6.07) is 63.5. The number of carbonyl (C=O) groups is 8. The van der Waals surface area contributed by atoms with Crippen LogP contribution >= 0.6 is 11.3 Å². The summed E-state index contributed by atoms with van der Waals surface area (Å²) in [6.07, 6.45) is 6.09. The quantitative estimate of drug-likeness (QED) is 0.0168. The molecule has 4 amide bonds. The highest BCUT2D eigenvalue weighted by molar-refractivity contribution is 7.12. The number of aromatic nitrogens is 18. The molecule has 38 nitrogen and oxygen atoms in total. The number of carbonyl (C=O) groups excluding carboxylic acids is 8. The van der Waals surface area contributed by atoms with E-state index in [1.165, 1.54) is 36.2 Å². The Hall–Kier alpha value is -19.5. The van der Waals surface area contributed by atoms with Crippen molar-refractivity contribution in [3.63, 3.8) is 0 Å². The zero-order valence-electron chi connectivity index (χ0n) is 79.6. The highest BCUT2D eigenvalue weighted by Crippen LogP contribution is 2.35. The highest BCUT2D eigenvalue weighted by Gasteiger charge is 2.25. The number of nitrogens with zero attached hydrogens (tertiary/aromatic N) is 14. The van der Waals surface area contributed by atoms with Crippen LogP contribution in [0.15, 0.2) is 250 Å². The van der Waals surface area contributed by atoms with E-state index in [2.05, 4.69) is 117 Å². The van der Waals surface area contributed by atoms with Gasteiger partial charge in [0.1, 0.15) is 17.1 Å². The molecule has 0 radical (unpaired) electrons. The van der Waals surface area contributed by atoms with E-state index in [1.807, 2.05) is 80.7 Å². The lowest BCUT2D eigenvalue weighted by molar-refractivity contribution is 0.100. The fourth-order valence-electron chi connectivity index (χ4n) is 15.9. The molecular formula is C106H94N26O12S. The van der Waals surface area contributed by atoms with Crippen LogP contribution in [0.3, 0.4) is 0 Å². The topological polar surface area (TPSA) is 546 Å². The molecule has 0 bridgehead atoms. The number of nitrogens with one attached hydrogen (secondary N) is 12. The number of benzene rings is 8. The van der Waals surface area contributed by atoms with Crippen LogP contribution in [-0.4, -0.2) is 182 Å². The first-order chi connectivity index (χ1) is 69.9. The molecule has 0 spiro atoms. The third-order valence-electron chi connectivity index (χ3n) is 23.0. The van der Waals surface area contributed by atoms with Crippen molar-refractivity contribution in [1.82, 2.24) is 90.1 Å². The largest absolute Gasteiger partial charge is 0.494 e. The first-order valence-corrected chi connectivity index (χ1v) is 46.5. The molecular weight excluding hydrogens is 1860 g/mol. The molecule has 20 rings (SSSR count). The molecule has 16 N–H and O–H groups in total. The summed E-state index contributed by atoms with van der Waals surface area (Å²) >= 11 is 1.35. The van der Waals surface area contributed by atoms with Gasteiger partial charge in [-0.05, 0) is 220 Å². The van der Waals surface area contributed by atoms with Crippen LogP contribution in [0, 0.1) is 48.5 Å². The lowest BCUT2D eigenvalue weighted by atomic mass is 10.0. The van der Waals surface area contributed by atoms with E-state index in [1.54, 1.807) is 232 Å². The molecule has 12 aromatic heterocycles. The van der Waals surface area contributed by atoms with Gasteiger partial charge in [-0.25, -0.2) is 20.0 Å². The van der Waals surface area contributed by atoms with Gasteiger partial charge in [0.15, 0.2) is 69.9 Å². The third kappa shape index (κ3) is 22.3. The number of aromatic hydroxyl groups is 4. The Labute approximate surface area is 828 Å². The summed E-state index contributed by atoms with van der Waals surface area (Å²) in [6.45, 7) is 20.5. The molecule has 0 aliphatic heterocycles. The lowest BCUT2D eigenvalue weighted by Gasteiger charge is -2.08. The second-order valence-corrected chi connectivity index (χ2v) is 34.6. The number of hydrogen-bond donors (Lipinski definition) is 16. The summed E-state index contributed by atoms with van der Waals surface area (Å²) in [7, 11) is 0. The Kier molecular flexibility index (Phi) is 28.5. The van der Waals surface area contributed by atoms with Crippen molar-refractivity contribution in [1.29, 1.82) is 0 Å². The van der Waals surface area contributed by atoms with Crippen molar-refractivity contribution in [3.05, 3.63) is 358 Å². The van der Waals surface area contributed by atoms with E-state index >= 15 is 0 Å². The van der Waals surface area contributed by atoms with Crippen LogP contribution in [0.25, 0.3) is 43.6 Å². The van der Waals surface area contributed by atoms with Crippen molar-refractivity contribution in [2.24, 2.45) is 20.0 Å². The van der Waals surface area contributed by atoms with Gasteiger partial charge in [-0.3, -0.25) is 72.8 Å². The number of thiophene rings is 1. The molecule has 0 aliphatic carbocycles. The maximum atomic E-state index is 13.4. The summed E-state index contributed by atoms with van der Waals surface area (Å²) in [5, 5.41) is 97.9. The number of aryl methyl sites for hydroxylation is 10. The van der Waals surface area contributed by atoms with Crippen LogP contribution < -0.4 is 21.3 Å². The monoisotopic (exact) mass is 1950 g/mol. The molecule has 39 heteroatoms. The molecule has 0 saturated carbocycles. The van der Waals surface area contributed by atoms with E-state index < -0.39 is 0 Å². The van der Waals surface area contributed by atoms with Crippen molar-refractivity contribution < 1.29 is 58.8 Å². The van der Waals surface area contributed by atoms with Crippen LogP contribution in [0.2, 0.25) is 0 Å². The number of aromatic amines is 8. The van der Waals surface area contributed by atoms with Crippen LogP contribution in [0.1, 0.15) is 188 Å². The molecule has 0 atom stereocenters. The molecule has 0 saturated heterocycles. The van der Waals surface area contributed by atoms with Crippen LogP contribution in [-0.2, 0) is 19.6 Å². The predicted molar refractivity (Wildman–Crippen MR) is 556 cm³/mol. The van der Waals surface area contributed by atoms with E-state index in [-0.39, 0.29) is 70.3 Å². The number of anilines is 4. The average molecular weight is 1960 g/mol. The predicted octanol–water partition coefficient (Wildman–Crippen LogP) is 19.2. The van der Waals surface area contributed by atoms with Gasteiger partial charge in [0.05, 0.1) is 44.2 Å². The molecule has 0 aliphatic rings. The number of hydrogen-bond acceptors (Lipinski definition) is 24. The standard InChI is InChI=1S/3C27H25N7O3.C25H19N5O3S/c1-4-34-23(11-16(3)33-34)27(37)29-19-8-5-17(6-9-19)25(35)18-7-10-22-20(13-18)21(26(36)30-22)14-28-24-12-15(2)31-32-24;1-4-34-23(11-16(3)33-34)27(37)29-19-8-5-17(6-9-19)25(35)18-7-10-20-21(26(36)30-22(20)13-18)14-28-24-12-15(2)31-32-24;1-4-34-23(10-16(3)33-34)27(37)29-19-7-5-6-17(12-19)25(35)18-8-9-22-20(13-18)21(26(36)30-22)14-28-24-11-15(2)31-32-24;1-14-10-22(30-29-14)26-13-19-18-8-7-16(12-20(18)28-24(19)32)23(31)15-4-2-5-17(11-15)27-25(33)21-6-3-9-34-21/h3*5-14,30,36H,4H2,1-3H3,(H,29,37)(H,31,32);2-13,28,32H,1H3,(H,27,33)(H,29,30). The molecule has 145 heavy (non-hydrogen) atoms. The molecule has 8 aromatic carbocycles. The van der Waals surface area contributed by atoms with E-state index in [0.717, 1.165) is 50.6 Å². The Bertz CT molecular complexity index is 8490. The Morgan fingerprint density at radius 2 is 0.607 bits per heavy atom. The van der Waals surface area contributed by atoms with Gasteiger partial charge in [-0.1, -0.05) is 54.6 Å². The van der Waals surface area contributed by atoms with Crippen molar-refractivity contribution >= 4 is 173 Å². The second kappa shape index (κ2) is 42.5. The minimum Gasteiger partial charge on any atom is -0.494 e. The maximum absolute atomic E-state index is 13.4. The Morgan fingerprint density at radius 1 is 0.310 bits per heavy atom. The van der Waals surface area contributed by atoms with Crippen molar-refractivity contribution in [3.8, 4) is 23.5 Å². The van der Waals surface area contributed by atoms with Gasteiger partial charge in [0, 0.05) is 202 Å². The number of aliphatic imine (C=N–C) groups is 4. The van der Waals surface area contributed by atoms with Gasteiger partial charge in [0.2, 0.25) is 0 Å². The number of fused-ring (bicyclic) bond motifs is 4. The minimum atomic E-state index is -0.299. The highest BCUT2D eigenvalue weighted by atomic mass is 32.1. The fourth-order valence-corrected chi connectivity index (χ4v) is 16.6. The van der Waals surface area contributed by atoms with Gasteiger partial charge >= 0.3 is 0 Å². The molecule has 726 valence electrons. The summed E-state index contributed by atoms with van der Waals surface area (Å²) in [4.78, 5) is 133. The Balaban J connectivity index is 0.000000132. The van der Waals surface area contributed by atoms with E-state index in [4.69, 9.17) is 0 Å². The summed E-state index contributed by atoms with van der Waals surface area (Å²) in [5.41, 5.74) is 17.4. The Morgan fingerprint density at radius 3 is 0.931 bits per heavy atom. The van der Waals surface area contributed by atoms with E-state index in [9.17, 15) is 58.8 Å². The van der Waals surface area contributed by atoms with Gasteiger partial charge < -0.3 is 61.6 Å². The lowest BCUT2D eigenvalue weighted by Crippen LogP contribution is -2.17. The van der Waals surface area contributed by atoms with E-state index in [0.29, 0.717) is 187 Å². The van der Waals surface area contributed by atoms with Gasteiger partial charge in [-0.2, -0.15) is 35.7 Å². The average Bonchev–Trinajstić information content (AvgIpc) is 1.67. The first kappa shape index (κ1) is 97.2. The normalized spacial score (nSPS) is 11.4. The molecule has 0 unspecified atom stereocenters. The molecule has 0 fully saturated rings. The van der Waals surface area contributed by atoms with Crippen molar-refractivity contribution in [2.45, 2.75) is 88.9 Å². The SMILES string of the molecule is CCn1nc(C)cc1C(=O)Nc1ccc(C(=O)c2ccc3[nH]c(O)c(C=Nc4cc(C)[nH]n4)c3c2)cc1.CCn1nc(C)cc1C(=O)Nc1ccc(C(=O)c2ccc3c(C=Nc4cc(C)[nH]n4)c(O)[nH]c3c2)cc1.CCn1nc(C)cc1C(=O)Nc1cccc(C(=O)c2ccc3[nH]c(O)c(C=Nc4cc(C)[nH]n4)c3c2)c1.Cc1cc(N=Cc2c(O)[nH]c3cc(C(=O)c4cccc(NC(=O)c5cccs5)c4)ccc23)n[nH]1. The second-order valence-electron chi connectivity index (χ2n) is 33.6. The smallest absolute Gasteiger partial charge is 0.273 e. The third-order valence-corrected chi connectivity index (χ3v) is 23.9. The fraction of sp³-hybridized carbons (Fsp3) is 0.123. The number of amides is 4. The van der Waals surface area contributed by atoms with Crippen molar-refractivity contribution in [2.75, 3.05) is 21.3 Å². The number of ketones is 4. The zero-order valence-corrected chi connectivity index (χ0v) is 80.4. The van der Waals surface area contributed by atoms with Crippen LogP contribution in [0.5, 0.6) is 23.5 Å². The molecule has 12 heterocycles. The van der Waals surface area contributed by atoms with Gasteiger partial charge in [0.25, 0.3) is 23.6 Å². The molecule has 20 aromatic rings. The summed E-state index contributed by atoms with van der Waals surface area (Å²) < 4.78 is 4.92. The van der Waals surface area contributed by atoms with Gasteiger partial charge in [-0.15, -0.1) is 11.3 Å². The minimum absolute atomic E-state index is 0.0460. The zero-order chi connectivity index (χ0) is 102.